The Morgan fingerprint density at radius 3 is 2.67 bits per heavy atom. The zero-order chi connectivity index (χ0) is 17.3. The van der Waals surface area contributed by atoms with Gasteiger partial charge in [-0.05, 0) is 44.0 Å². The standard InChI is InChI=1S/C19H26N4O/c1-15-11-18(22-8-7-20-14-22)6-5-17(15)12-23-10-9-21(16(2)24)13-19(23,3)4/h5-8,11,14H,9-10,12-13H2,1-4H3. The maximum Gasteiger partial charge on any atom is 0.219 e. The summed E-state index contributed by atoms with van der Waals surface area (Å²) in [4.78, 5) is 20.2. The Labute approximate surface area is 143 Å². The molecule has 1 aliphatic rings. The van der Waals surface area contributed by atoms with Crippen molar-refractivity contribution in [2.24, 2.45) is 0 Å². The Morgan fingerprint density at radius 1 is 1.29 bits per heavy atom. The summed E-state index contributed by atoms with van der Waals surface area (Å²) >= 11 is 0. The van der Waals surface area contributed by atoms with Gasteiger partial charge in [0.2, 0.25) is 5.91 Å². The number of aryl methyl sites for hydroxylation is 1. The van der Waals surface area contributed by atoms with Gasteiger partial charge in [-0.25, -0.2) is 4.98 Å². The van der Waals surface area contributed by atoms with Crippen LogP contribution in [0.4, 0.5) is 0 Å². The van der Waals surface area contributed by atoms with Crippen LogP contribution < -0.4 is 0 Å². The minimum absolute atomic E-state index is 0.0145. The highest BCUT2D eigenvalue weighted by Crippen LogP contribution is 2.25. The number of piperazine rings is 1. The third-order valence-corrected chi connectivity index (χ3v) is 5.01. The molecule has 5 nitrogen and oxygen atoms in total. The Kier molecular flexibility index (Phi) is 4.45. The van der Waals surface area contributed by atoms with E-state index in [0.717, 1.165) is 31.9 Å². The Balaban J connectivity index is 1.75. The van der Waals surface area contributed by atoms with Gasteiger partial charge in [0, 0.05) is 56.7 Å². The van der Waals surface area contributed by atoms with Gasteiger partial charge < -0.3 is 9.47 Å². The summed E-state index contributed by atoms with van der Waals surface area (Å²) in [6, 6.07) is 6.55. The Bertz CT molecular complexity index is 721. The van der Waals surface area contributed by atoms with E-state index in [4.69, 9.17) is 0 Å². The third kappa shape index (κ3) is 3.36. The predicted octanol–water partition coefficient (Wildman–Crippen LogP) is 2.62. The maximum atomic E-state index is 11.7. The predicted molar refractivity (Wildman–Crippen MR) is 95.0 cm³/mol. The zero-order valence-corrected chi connectivity index (χ0v) is 15.0. The molecule has 0 saturated carbocycles. The minimum Gasteiger partial charge on any atom is -0.340 e. The van der Waals surface area contributed by atoms with Crippen molar-refractivity contribution in [3.8, 4) is 5.69 Å². The number of rotatable bonds is 3. The smallest absolute Gasteiger partial charge is 0.219 e. The number of amides is 1. The molecule has 3 rings (SSSR count). The van der Waals surface area contributed by atoms with Crippen LogP contribution in [-0.2, 0) is 11.3 Å². The minimum atomic E-state index is -0.0145. The van der Waals surface area contributed by atoms with E-state index in [1.165, 1.54) is 11.1 Å². The van der Waals surface area contributed by atoms with Crippen LogP contribution >= 0.6 is 0 Å². The van der Waals surface area contributed by atoms with Gasteiger partial charge in [-0.1, -0.05) is 6.07 Å². The van der Waals surface area contributed by atoms with Crippen molar-refractivity contribution >= 4 is 5.91 Å². The molecule has 1 aliphatic heterocycles. The first-order valence-corrected chi connectivity index (χ1v) is 8.45. The van der Waals surface area contributed by atoms with E-state index < -0.39 is 0 Å². The van der Waals surface area contributed by atoms with Gasteiger partial charge in [0.1, 0.15) is 0 Å². The lowest BCUT2D eigenvalue weighted by molar-refractivity contribution is -0.134. The van der Waals surface area contributed by atoms with Crippen LogP contribution in [0.3, 0.4) is 0 Å². The fourth-order valence-corrected chi connectivity index (χ4v) is 3.39. The lowest BCUT2D eigenvalue weighted by Crippen LogP contribution is -2.59. The van der Waals surface area contributed by atoms with E-state index in [2.05, 4.69) is 48.9 Å². The average molecular weight is 326 g/mol. The van der Waals surface area contributed by atoms with Gasteiger partial charge >= 0.3 is 0 Å². The molecule has 5 heteroatoms. The largest absolute Gasteiger partial charge is 0.340 e. The topological polar surface area (TPSA) is 41.4 Å². The van der Waals surface area contributed by atoms with Gasteiger partial charge in [-0.3, -0.25) is 9.69 Å². The van der Waals surface area contributed by atoms with Gasteiger partial charge in [0.25, 0.3) is 0 Å². The summed E-state index contributed by atoms with van der Waals surface area (Å²) in [5, 5.41) is 0. The molecular weight excluding hydrogens is 300 g/mol. The van der Waals surface area contributed by atoms with Crippen molar-refractivity contribution in [3.63, 3.8) is 0 Å². The fraction of sp³-hybridized carbons (Fsp3) is 0.474. The van der Waals surface area contributed by atoms with E-state index in [0.29, 0.717) is 0 Å². The molecule has 1 saturated heterocycles. The van der Waals surface area contributed by atoms with Crippen molar-refractivity contribution in [2.45, 2.75) is 39.8 Å². The van der Waals surface area contributed by atoms with E-state index in [1.54, 1.807) is 13.1 Å². The Morgan fingerprint density at radius 2 is 2.08 bits per heavy atom. The van der Waals surface area contributed by atoms with Crippen molar-refractivity contribution in [1.82, 2.24) is 19.4 Å². The van der Waals surface area contributed by atoms with Crippen LogP contribution in [0.25, 0.3) is 5.69 Å². The van der Waals surface area contributed by atoms with Gasteiger partial charge in [0.05, 0.1) is 6.33 Å². The number of aromatic nitrogens is 2. The second kappa shape index (κ2) is 6.40. The van der Waals surface area contributed by atoms with Crippen LogP contribution in [-0.4, -0.2) is 50.4 Å². The van der Waals surface area contributed by atoms with E-state index >= 15 is 0 Å². The summed E-state index contributed by atoms with van der Waals surface area (Å²) in [7, 11) is 0. The summed E-state index contributed by atoms with van der Waals surface area (Å²) < 4.78 is 2.02. The molecule has 1 aromatic carbocycles. The molecule has 0 radical (unpaired) electrons. The van der Waals surface area contributed by atoms with Crippen LogP contribution in [0.15, 0.2) is 36.9 Å². The lowest BCUT2D eigenvalue weighted by atomic mass is 9.96. The molecule has 0 unspecified atom stereocenters. The summed E-state index contributed by atoms with van der Waals surface area (Å²) in [6.45, 7) is 11.7. The SMILES string of the molecule is CC(=O)N1CCN(Cc2ccc(-n3ccnc3)cc2C)C(C)(C)C1. The number of hydrogen-bond donors (Lipinski definition) is 0. The van der Waals surface area contributed by atoms with Crippen molar-refractivity contribution in [1.29, 1.82) is 0 Å². The molecule has 2 aromatic rings. The number of nitrogens with zero attached hydrogens (tertiary/aromatic N) is 4. The van der Waals surface area contributed by atoms with Crippen molar-refractivity contribution in [3.05, 3.63) is 48.0 Å². The monoisotopic (exact) mass is 326 g/mol. The summed E-state index contributed by atoms with van der Waals surface area (Å²) in [6.07, 6.45) is 5.57. The number of benzene rings is 1. The van der Waals surface area contributed by atoms with Crippen molar-refractivity contribution in [2.75, 3.05) is 19.6 Å². The quantitative estimate of drug-likeness (QED) is 0.871. The number of imidazole rings is 1. The molecule has 0 atom stereocenters. The van der Waals surface area contributed by atoms with Gasteiger partial charge in [0.15, 0.2) is 0 Å². The number of carbonyl (C=O) groups excluding carboxylic acids is 1. The highest BCUT2D eigenvalue weighted by molar-refractivity contribution is 5.73. The van der Waals surface area contributed by atoms with E-state index in [-0.39, 0.29) is 11.4 Å². The fourth-order valence-electron chi connectivity index (χ4n) is 3.39. The third-order valence-electron chi connectivity index (χ3n) is 5.01. The maximum absolute atomic E-state index is 11.7. The molecule has 0 spiro atoms. The molecule has 0 bridgehead atoms. The highest BCUT2D eigenvalue weighted by atomic mass is 16.2. The molecule has 24 heavy (non-hydrogen) atoms. The second-order valence-electron chi connectivity index (χ2n) is 7.26. The summed E-state index contributed by atoms with van der Waals surface area (Å²) in [5.41, 5.74) is 3.74. The molecular formula is C19H26N4O. The first-order valence-electron chi connectivity index (χ1n) is 8.45. The van der Waals surface area contributed by atoms with Crippen LogP contribution in [0.1, 0.15) is 31.9 Å². The molecule has 2 heterocycles. The molecule has 0 N–H and O–H groups in total. The highest BCUT2D eigenvalue weighted by Gasteiger charge is 2.34. The average Bonchev–Trinajstić information content (AvgIpc) is 3.04. The molecule has 1 aromatic heterocycles. The van der Waals surface area contributed by atoms with Gasteiger partial charge in [-0.2, -0.15) is 0 Å². The number of carbonyl (C=O) groups is 1. The zero-order valence-electron chi connectivity index (χ0n) is 15.0. The molecule has 0 aliphatic carbocycles. The van der Waals surface area contributed by atoms with E-state index in [9.17, 15) is 4.79 Å². The lowest BCUT2D eigenvalue weighted by Gasteiger charge is -2.47. The first kappa shape index (κ1) is 16.7. The van der Waals surface area contributed by atoms with Crippen molar-refractivity contribution < 1.29 is 4.79 Å². The van der Waals surface area contributed by atoms with Crippen LogP contribution in [0, 0.1) is 6.92 Å². The molecule has 128 valence electrons. The normalized spacial score (nSPS) is 17.9. The van der Waals surface area contributed by atoms with Crippen LogP contribution in [0.2, 0.25) is 0 Å². The first-order chi connectivity index (χ1) is 11.4. The Hall–Kier alpha value is -2.14. The molecule has 1 amide bonds. The number of hydrogen-bond acceptors (Lipinski definition) is 3. The van der Waals surface area contributed by atoms with E-state index in [1.807, 2.05) is 22.0 Å². The summed E-state index contributed by atoms with van der Waals surface area (Å²) in [5.74, 6) is 0.170. The van der Waals surface area contributed by atoms with Gasteiger partial charge in [-0.15, -0.1) is 0 Å². The second-order valence-corrected chi connectivity index (χ2v) is 7.26. The van der Waals surface area contributed by atoms with Crippen LogP contribution in [0.5, 0.6) is 0 Å². The molecule has 1 fully saturated rings.